The molecule has 17 heavy (non-hydrogen) atoms. The Bertz CT molecular complexity index is 519. The minimum Gasteiger partial charge on any atom is -0.379 e. The molecule has 0 fully saturated rings. The van der Waals surface area contributed by atoms with E-state index in [-0.39, 0.29) is 11.7 Å². The zero-order chi connectivity index (χ0) is 12.3. The standard InChI is InChI=1S/C11H12N4O2/c1-2-9(16)13-8-5-3-7(4-6-8)10-11(12)15-17-14-10/h3-6H,2H2,1H3,(H2,12,15)(H,13,16). The molecule has 3 N–H and O–H groups in total. The molecule has 0 aliphatic rings. The smallest absolute Gasteiger partial charge is 0.224 e. The molecule has 1 heterocycles. The van der Waals surface area contributed by atoms with E-state index in [1.165, 1.54) is 0 Å². The van der Waals surface area contributed by atoms with Crippen LogP contribution in [0, 0.1) is 0 Å². The molecular weight excluding hydrogens is 220 g/mol. The molecule has 1 aromatic carbocycles. The van der Waals surface area contributed by atoms with Crippen molar-refractivity contribution in [2.24, 2.45) is 0 Å². The zero-order valence-corrected chi connectivity index (χ0v) is 9.30. The molecule has 0 spiro atoms. The maximum Gasteiger partial charge on any atom is 0.224 e. The van der Waals surface area contributed by atoms with E-state index in [9.17, 15) is 4.79 Å². The van der Waals surface area contributed by atoms with Gasteiger partial charge in [0.15, 0.2) is 11.5 Å². The number of hydrogen-bond donors (Lipinski definition) is 2. The van der Waals surface area contributed by atoms with E-state index >= 15 is 0 Å². The van der Waals surface area contributed by atoms with Crippen molar-refractivity contribution in [3.8, 4) is 11.3 Å². The number of anilines is 2. The van der Waals surface area contributed by atoms with E-state index < -0.39 is 0 Å². The van der Waals surface area contributed by atoms with E-state index in [1.807, 2.05) is 0 Å². The Kier molecular flexibility index (Phi) is 3.04. The third-order valence-corrected chi connectivity index (χ3v) is 2.28. The van der Waals surface area contributed by atoms with E-state index in [0.717, 1.165) is 11.3 Å². The molecule has 0 atom stereocenters. The van der Waals surface area contributed by atoms with Crippen molar-refractivity contribution in [2.45, 2.75) is 13.3 Å². The second kappa shape index (κ2) is 4.65. The molecule has 88 valence electrons. The molecule has 0 bridgehead atoms. The molecule has 0 radical (unpaired) electrons. The van der Waals surface area contributed by atoms with Crippen LogP contribution in [0.25, 0.3) is 11.3 Å². The van der Waals surface area contributed by atoms with Gasteiger partial charge in [-0.05, 0) is 22.4 Å². The van der Waals surface area contributed by atoms with Crippen LogP contribution in [0.3, 0.4) is 0 Å². The summed E-state index contributed by atoms with van der Waals surface area (Å²) in [6.45, 7) is 1.80. The van der Waals surface area contributed by atoms with Crippen LogP contribution < -0.4 is 11.1 Å². The zero-order valence-electron chi connectivity index (χ0n) is 9.30. The molecule has 1 aromatic heterocycles. The number of carbonyl (C=O) groups excluding carboxylic acids is 1. The quantitative estimate of drug-likeness (QED) is 0.839. The molecule has 2 aromatic rings. The molecular formula is C11H12N4O2. The Labute approximate surface area is 97.8 Å². The summed E-state index contributed by atoms with van der Waals surface area (Å²) in [7, 11) is 0. The van der Waals surface area contributed by atoms with Crippen LogP contribution in [0.4, 0.5) is 11.5 Å². The topological polar surface area (TPSA) is 94.0 Å². The Balaban J connectivity index is 2.19. The lowest BCUT2D eigenvalue weighted by Crippen LogP contribution is -2.09. The summed E-state index contributed by atoms with van der Waals surface area (Å²) in [6, 6.07) is 7.14. The highest BCUT2D eigenvalue weighted by Crippen LogP contribution is 2.23. The van der Waals surface area contributed by atoms with E-state index in [0.29, 0.717) is 12.1 Å². The van der Waals surface area contributed by atoms with Crippen LogP contribution in [-0.2, 0) is 4.79 Å². The van der Waals surface area contributed by atoms with Crippen molar-refractivity contribution in [2.75, 3.05) is 11.1 Å². The average Bonchev–Trinajstić information content (AvgIpc) is 2.76. The number of nitrogens with zero attached hydrogens (tertiary/aromatic N) is 2. The highest BCUT2D eigenvalue weighted by molar-refractivity contribution is 5.90. The van der Waals surface area contributed by atoms with Gasteiger partial charge in [0.2, 0.25) is 5.91 Å². The summed E-state index contributed by atoms with van der Waals surface area (Å²) in [5.74, 6) is 0.218. The van der Waals surface area contributed by atoms with Gasteiger partial charge in [-0.25, -0.2) is 4.63 Å². The molecule has 0 aliphatic carbocycles. The highest BCUT2D eigenvalue weighted by atomic mass is 16.6. The van der Waals surface area contributed by atoms with Gasteiger partial charge in [-0.1, -0.05) is 19.1 Å². The van der Waals surface area contributed by atoms with Crippen LogP contribution >= 0.6 is 0 Å². The summed E-state index contributed by atoms with van der Waals surface area (Å²) in [5, 5.41) is 9.94. The maximum atomic E-state index is 11.2. The van der Waals surface area contributed by atoms with Gasteiger partial charge in [0.05, 0.1) is 0 Å². The summed E-state index contributed by atoms with van der Waals surface area (Å²) in [4.78, 5) is 11.2. The molecule has 0 saturated carbocycles. The SMILES string of the molecule is CCC(=O)Nc1ccc(-c2nonc2N)cc1. The summed E-state index contributed by atoms with van der Waals surface area (Å²) < 4.78 is 4.52. The van der Waals surface area contributed by atoms with E-state index in [1.54, 1.807) is 31.2 Å². The number of nitrogen functional groups attached to an aromatic ring is 1. The van der Waals surface area contributed by atoms with Gasteiger partial charge in [0.1, 0.15) is 0 Å². The Morgan fingerprint density at radius 3 is 2.59 bits per heavy atom. The van der Waals surface area contributed by atoms with Gasteiger partial charge in [0.25, 0.3) is 0 Å². The first-order valence-corrected chi connectivity index (χ1v) is 5.19. The van der Waals surface area contributed by atoms with Crippen LogP contribution in [-0.4, -0.2) is 16.2 Å². The molecule has 6 nitrogen and oxygen atoms in total. The van der Waals surface area contributed by atoms with E-state index in [2.05, 4.69) is 20.3 Å². The maximum absolute atomic E-state index is 11.2. The van der Waals surface area contributed by atoms with Crippen LogP contribution in [0.15, 0.2) is 28.9 Å². The summed E-state index contributed by atoms with van der Waals surface area (Å²) in [6.07, 6.45) is 0.446. The first-order chi connectivity index (χ1) is 8.20. The van der Waals surface area contributed by atoms with Gasteiger partial charge in [-0.3, -0.25) is 4.79 Å². The highest BCUT2D eigenvalue weighted by Gasteiger charge is 2.08. The lowest BCUT2D eigenvalue weighted by atomic mass is 10.1. The Hall–Kier alpha value is -2.37. The number of amides is 1. The largest absolute Gasteiger partial charge is 0.379 e. The van der Waals surface area contributed by atoms with E-state index in [4.69, 9.17) is 5.73 Å². The number of nitrogens with one attached hydrogen (secondary N) is 1. The number of benzene rings is 1. The second-order valence-corrected chi connectivity index (χ2v) is 3.48. The minimum atomic E-state index is -0.0274. The normalized spacial score (nSPS) is 10.2. The number of carbonyl (C=O) groups is 1. The minimum absolute atomic E-state index is 0.0274. The second-order valence-electron chi connectivity index (χ2n) is 3.48. The molecule has 0 unspecified atom stereocenters. The summed E-state index contributed by atoms with van der Waals surface area (Å²) >= 11 is 0. The number of aromatic nitrogens is 2. The van der Waals surface area contributed by atoms with Gasteiger partial charge in [0, 0.05) is 17.7 Å². The average molecular weight is 232 g/mol. The van der Waals surface area contributed by atoms with Gasteiger partial charge in [-0.15, -0.1) is 0 Å². The van der Waals surface area contributed by atoms with Crippen molar-refractivity contribution in [3.63, 3.8) is 0 Å². The van der Waals surface area contributed by atoms with Gasteiger partial charge < -0.3 is 11.1 Å². The third kappa shape index (κ3) is 2.41. The number of rotatable bonds is 3. The lowest BCUT2D eigenvalue weighted by molar-refractivity contribution is -0.115. The van der Waals surface area contributed by atoms with Crippen molar-refractivity contribution in [1.29, 1.82) is 0 Å². The third-order valence-electron chi connectivity index (χ3n) is 2.28. The van der Waals surface area contributed by atoms with Crippen molar-refractivity contribution >= 4 is 17.4 Å². The van der Waals surface area contributed by atoms with Gasteiger partial charge >= 0.3 is 0 Å². The van der Waals surface area contributed by atoms with Crippen LogP contribution in [0.1, 0.15) is 13.3 Å². The molecule has 6 heteroatoms. The molecule has 1 amide bonds. The fraction of sp³-hybridized carbons (Fsp3) is 0.182. The molecule has 0 aliphatic heterocycles. The monoisotopic (exact) mass is 232 g/mol. The molecule has 2 rings (SSSR count). The Morgan fingerprint density at radius 2 is 2.06 bits per heavy atom. The first-order valence-electron chi connectivity index (χ1n) is 5.19. The fourth-order valence-electron chi connectivity index (χ4n) is 1.36. The number of hydrogen-bond acceptors (Lipinski definition) is 5. The number of nitrogens with two attached hydrogens (primary N) is 1. The predicted molar refractivity (Wildman–Crippen MR) is 63.1 cm³/mol. The van der Waals surface area contributed by atoms with Crippen LogP contribution in [0.5, 0.6) is 0 Å². The fourth-order valence-corrected chi connectivity index (χ4v) is 1.36. The first kappa shape index (κ1) is 11.1. The van der Waals surface area contributed by atoms with Crippen molar-refractivity contribution in [1.82, 2.24) is 10.3 Å². The lowest BCUT2D eigenvalue weighted by Gasteiger charge is -2.03. The van der Waals surface area contributed by atoms with Crippen molar-refractivity contribution < 1.29 is 9.42 Å². The van der Waals surface area contributed by atoms with Crippen molar-refractivity contribution in [3.05, 3.63) is 24.3 Å². The molecule has 0 saturated heterocycles. The summed E-state index contributed by atoms with van der Waals surface area (Å²) in [5.41, 5.74) is 7.60. The predicted octanol–water partition coefficient (Wildman–Crippen LogP) is 1.67. The Morgan fingerprint density at radius 1 is 1.35 bits per heavy atom. The van der Waals surface area contributed by atoms with Gasteiger partial charge in [-0.2, -0.15) is 0 Å². The van der Waals surface area contributed by atoms with Crippen LogP contribution in [0.2, 0.25) is 0 Å².